The molecule has 2 aromatic carbocycles. The lowest BCUT2D eigenvalue weighted by Crippen LogP contribution is -2.09. The first-order valence-corrected chi connectivity index (χ1v) is 6.73. The number of nitrogen functional groups attached to an aromatic ring is 1. The minimum Gasteiger partial charge on any atom is -0.397 e. The third kappa shape index (κ3) is 3.28. The highest BCUT2D eigenvalue weighted by Crippen LogP contribution is 2.22. The van der Waals surface area contributed by atoms with Crippen LogP contribution in [-0.4, -0.2) is 6.54 Å². The zero-order valence-corrected chi connectivity index (χ0v) is 12.0. The van der Waals surface area contributed by atoms with E-state index in [9.17, 15) is 0 Å². The number of para-hydroxylation sites is 1. The van der Waals surface area contributed by atoms with E-state index in [0.717, 1.165) is 24.3 Å². The van der Waals surface area contributed by atoms with Crippen molar-refractivity contribution in [2.75, 3.05) is 17.6 Å². The van der Waals surface area contributed by atoms with Crippen molar-refractivity contribution >= 4 is 11.4 Å². The molecule has 0 heterocycles. The van der Waals surface area contributed by atoms with Gasteiger partial charge in [0.1, 0.15) is 0 Å². The minimum atomic E-state index is 0.820. The molecule has 100 valence electrons. The Labute approximate surface area is 115 Å². The Hall–Kier alpha value is -1.96. The number of hydrogen-bond acceptors (Lipinski definition) is 2. The van der Waals surface area contributed by atoms with Crippen molar-refractivity contribution in [3.05, 3.63) is 58.7 Å². The average Bonchev–Trinajstić information content (AvgIpc) is 2.35. The van der Waals surface area contributed by atoms with Crippen molar-refractivity contribution in [1.29, 1.82) is 0 Å². The summed E-state index contributed by atoms with van der Waals surface area (Å²) in [6.07, 6.45) is 1.01. The predicted molar refractivity (Wildman–Crippen MR) is 83.7 cm³/mol. The summed E-state index contributed by atoms with van der Waals surface area (Å²) in [6, 6.07) is 12.6. The van der Waals surface area contributed by atoms with Gasteiger partial charge in [0.2, 0.25) is 0 Å². The van der Waals surface area contributed by atoms with Crippen molar-refractivity contribution < 1.29 is 0 Å². The van der Waals surface area contributed by atoms with Crippen LogP contribution in [0.2, 0.25) is 0 Å². The van der Waals surface area contributed by atoms with E-state index in [1.807, 2.05) is 12.1 Å². The van der Waals surface area contributed by atoms with Gasteiger partial charge in [0, 0.05) is 6.54 Å². The largest absolute Gasteiger partial charge is 0.397 e. The quantitative estimate of drug-likeness (QED) is 0.813. The predicted octanol–water partition coefficient (Wildman–Crippen LogP) is 3.85. The van der Waals surface area contributed by atoms with Gasteiger partial charge >= 0.3 is 0 Å². The highest BCUT2D eigenvalue weighted by Gasteiger charge is 2.03. The lowest BCUT2D eigenvalue weighted by atomic mass is 10.0. The van der Waals surface area contributed by atoms with Crippen LogP contribution in [0.5, 0.6) is 0 Å². The molecular weight excluding hydrogens is 232 g/mol. The number of benzene rings is 2. The van der Waals surface area contributed by atoms with Crippen molar-refractivity contribution in [1.82, 2.24) is 0 Å². The molecule has 19 heavy (non-hydrogen) atoms. The summed E-state index contributed by atoms with van der Waals surface area (Å²) >= 11 is 0. The molecule has 0 saturated carbocycles. The van der Waals surface area contributed by atoms with Gasteiger partial charge in [-0.3, -0.25) is 0 Å². The fourth-order valence-electron chi connectivity index (χ4n) is 2.38. The van der Waals surface area contributed by atoms with Crippen LogP contribution < -0.4 is 11.1 Å². The summed E-state index contributed by atoms with van der Waals surface area (Å²) in [7, 11) is 0. The second-order valence-corrected chi connectivity index (χ2v) is 5.15. The minimum absolute atomic E-state index is 0.820. The molecule has 2 rings (SSSR count). The normalized spacial score (nSPS) is 10.5. The Kier molecular flexibility index (Phi) is 4.10. The van der Waals surface area contributed by atoms with E-state index in [-0.39, 0.29) is 0 Å². The molecule has 2 nitrogen and oxygen atoms in total. The standard InChI is InChI=1S/C17H22N2/c1-12-7-8-15(14(3)11-12)9-10-19-17-13(2)5-4-6-16(17)18/h4-8,11,19H,9-10,18H2,1-3H3. The first-order valence-electron chi connectivity index (χ1n) is 6.73. The van der Waals surface area contributed by atoms with Crippen LogP contribution in [0.3, 0.4) is 0 Å². The van der Waals surface area contributed by atoms with Crippen molar-refractivity contribution in [2.24, 2.45) is 0 Å². The van der Waals surface area contributed by atoms with Crippen LogP contribution in [0.25, 0.3) is 0 Å². The molecule has 0 fully saturated rings. The fourth-order valence-corrected chi connectivity index (χ4v) is 2.38. The molecule has 0 radical (unpaired) electrons. The summed E-state index contributed by atoms with van der Waals surface area (Å²) in [5.41, 5.74) is 13.1. The van der Waals surface area contributed by atoms with Crippen molar-refractivity contribution in [2.45, 2.75) is 27.2 Å². The van der Waals surface area contributed by atoms with E-state index >= 15 is 0 Å². The molecule has 0 unspecified atom stereocenters. The first-order chi connectivity index (χ1) is 9.08. The molecule has 0 bridgehead atoms. The van der Waals surface area contributed by atoms with Gasteiger partial charge in [-0.05, 0) is 49.9 Å². The summed E-state index contributed by atoms with van der Waals surface area (Å²) in [5, 5.41) is 3.45. The van der Waals surface area contributed by atoms with Gasteiger partial charge in [-0.15, -0.1) is 0 Å². The Balaban J connectivity index is 2.00. The van der Waals surface area contributed by atoms with Gasteiger partial charge in [-0.2, -0.15) is 0 Å². The number of nitrogens with two attached hydrogens (primary N) is 1. The lowest BCUT2D eigenvalue weighted by Gasteiger charge is -2.13. The second kappa shape index (κ2) is 5.79. The molecule has 0 aliphatic rings. The van der Waals surface area contributed by atoms with Crippen LogP contribution in [0.1, 0.15) is 22.3 Å². The van der Waals surface area contributed by atoms with Crippen LogP contribution in [0.4, 0.5) is 11.4 Å². The number of rotatable bonds is 4. The van der Waals surface area contributed by atoms with Gasteiger partial charge in [-0.25, -0.2) is 0 Å². The molecule has 3 N–H and O–H groups in total. The number of nitrogens with one attached hydrogen (secondary N) is 1. The van der Waals surface area contributed by atoms with Crippen molar-refractivity contribution in [3.8, 4) is 0 Å². The topological polar surface area (TPSA) is 38.0 Å². The highest BCUT2D eigenvalue weighted by molar-refractivity contribution is 5.69. The Morgan fingerprint density at radius 1 is 1.00 bits per heavy atom. The van der Waals surface area contributed by atoms with E-state index in [0.29, 0.717) is 0 Å². The molecular formula is C17H22N2. The van der Waals surface area contributed by atoms with Crippen LogP contribution >= 0.6 is 0 Å². The zero-order chi connectivity index (χ0) is 13.8. The number of hydrogen-bond donors (Lipinski definition) is 2. The monoisotopic (exact) mass is 254 g/mol. The fraction of sp³-hybridized carbons (Fsp3) is 0.294. The number of aryl methyl sites for hydroxylation is 3. The molecule has 2 aromatic rings. The molecule has 0 atom stereocenters. The molecule has 2 heteroatoms. The van der Waals surface area contributed by atoms with E-state index in [2.05, 4.69) is 50.4 Å². The summed E-state index contributed by atoms with van der Waals surface area (Å²) in [6.45, 7) is 7.28. The van der Waals surface area contributed by atoms with Crippen LogP contribution in [-0.2, 0) is 6.42 Å². The molecule has 0 saturated heterocycles. The third-order valence-electron chi connectivity index (χ3n) is 3.50. The molecule has 0 spiro atoms. The van der Waals surface area contributed by atoms with E-state index in [1.54, 1.807) is 0 Å². The smallest absolute Gasteiger partial charge is 0.0603 e. The summed E-state index contributed by atoms with van der Waals surface area (Å²) in [4.78, 5) is 0. The van der Waals surface area contributed by atoms with Gasteiger partial charge < -0.3 is 11.1 Å². The summed E-state index contributed by atoms with van der Waals surface area (Å²) < 4.78 is 0. The lowest BCUT2D eigenvalue weighted by molar-refractivity contribution is 1.00. The maximum absolute atomic E-state index is 5.99. The summed E-state index contributed by atoms with van der Waals surface area (Å²) in [5.74, 6) is 0. The molecule has 0 aromatic heterocycles. The maximum Gasteiger partial charge on any atom is 0.0603 e. The van der Waals surface area contributed by atoms with Gasteiger partial charge in [0.25, 0.3) is 0 Å². The van der Waals surface area contributed by atoms with E-state index in [4.69, 9.17) is 5.73 Å². The van der Waals surface area contributed by atoms with Gasteiger partial charge in [-0.1, -0.05) is 35.9 Å². The van der Waals surface area contributed by atoms with E-state index < -0.39 is 0 Å². The number of anilines is 2. The third-order valence-corrected chi connectivity index (χ3v) is 3.50. The van der Waals surface area contributed by atoms with Crippen LogP contribution in [0, 0.1) is 20.8 Å². The second-order valence-electron chi connectivity index (χ2n) is 5.15. The van der Waals surface area contributed by atoms with Gasteiger partial charge in [0.05, 0.1) is 11.4 Å². The molecule has 0 aliphatic carbocycles. The van der Waals surface area contributed by atoms with Gasteiger partial charge in [0.15, 0.2) is 0 Å². The Morgan fingerprint density at radius 3 is 2.47 bits per heavy atom. The highest BCUT2D eigenvalue weighted by atomic mass is 14.9. The first kappa shape index (κ1) is 13.5. The Bertz CT molecular complexity index is 553. The van der Waals surface area contributed by atoms with E-state index in [1.165, 1.54) is 22.3 Å². The SMILES string of the molecule is Cc1ccc(CCNc2c(C)cccc2N)c(C)c1. The molecule has 0 amide bonds. The van der Waals surface area contributed by atoms with Crippen LogP contribution in [0.15, 0.2) is 36.4 Å². The maximum atomic E-state index is 5.99. The average molecular weight is 254 g/mol. The molecule has 0 aliphatic heterocycles. The zero-order valence-electron chi connectivity index (χ0n) is 12.0. The van der Waals surface area contributed by atoms with Crippen molar-refractivity contribution in [3.63, 3.8) is 0 Å². The Morgan fingerprint density at radius 2 is 1.79 bits per heavy atom.